The molecule has 5 nitrogen and oxygen atoms in total. The van der Waals surface area contributed by atoms with Crippen molar-refractivity contribution in [1.29, 1.82) is 0 Å². The van der Waals surface area contributed by atoms with E-state index < -0.39 is 12.3 Å². The third-order valence-electron chi connectivity index (χ3n) is 4.09. The average molecular weight is 333 g/mol. The molecule has 0 aromatic heterocycles. The highest BCUT2D eigenvalue weighted by molar-refractivity contribution is 5.98. The Kier molecular flexibility index (Phi) is 5.65. The van der Waals surface area contributed by atoms with Crippen molar-refractivity contribution in [2.45, 2.75) is 59.4 Å². The predicted molar refractivity (Wildman–Crippen MR) is 91.4 cm³/mol. The molecule has 0 N–H and O–H groups in total. The van der Waals surface area contributed by atoms with E-state index in [4.69, 9.17) is 9.47 Å². The zero-order chi connectivity index (χ0) is 17.9. The Hall–Kier alpha value is -1.88. The van der Waals surface area contributed by atoms with Crippen molar-refractivity contribution in [3.63, 3.8) is 0 Å². The number of carbonyl (C=O) groups excluding carboxylic acids is 2. The van der Waals surface area contributed by atoms with E-state index >= 15 is 0 Å². The molecule has 0 spiro atoms. The van der Waals surface area contributed by atoms with Crippen LogP contribution in [0.5, 0.6) is 0 Å². The first-order valence-electron chi connectivity index (χ1n) is 8.45. The molecule has 1 aromatic carbocycles. The highest BCUT2D eigenvalue weighted by Gasteiger charge is 2.50. The van der Waals surface area contributed by atoms with Gasteiger partial charge in [0, 0.05) is 24.0 Å². The maximum absolute atomic E-state index is 13.1. The second-order valence-corrected chi connectivity index (χ2v) is 7.25. The molecule has 2 rings (SSSR count). The van der Waals surface area contributed by atoms with Gasteiger partial charge in [-0.05, 0) is 26.0 Å². The Bertz CT molecular complexity index is 579. The maximum atomic E-state index is 13.1. The highest BCUT2D eigenvalue weighted by Crippen LogP contribution is 2.35. The van der Waals surface area contributed by atoms with E-state index in [9.17, 15) is 9.59 Å². The van der Waals surface area contributed by atoms with Crippen molar-refractivity contribution in [3.05, 3.63) is 35.9 Å². The molecular formula is C19H27NO4. The first-order chi connectivity index (χ1) is 11.3. The number of hydrogen-bond donors (Lipinski definition) is 0. The molecule has 1 saturated heterocycles. The smallest absolute Gasteiger partial charge is 0.331 e. The third kappa shape index (κ3) is 3.96. The lowest BCUT2D eigenvalue weighted by Gasteiger charge is -2.34. The average Bonchev–Trinajstić information content (AvgIpc) is 2.85. The van der Waals surface area contributed by atoms with Crippen LogP contribution in [0, 0.1) is 5.41 Å². The van der Waals surface area contributed by atoms with Gasteiger partial charge >= 0.3 is 5.97 Å². The van der Waals surface area contributed by atoms with E-state index in [0.717, 1.165) is 0 Å². The molecule has 3 atom stereocenters. The summed E-state index contributed by atoms with van der Waals surface area (Å²) in [6.45, 7) is 10.3. The van der Waals surface area contributed by atoms with E-state index in [-0.39, 0.29) is 23.4 Å². The molecule has 132 valence electrons. The first-order valence-corrected chi connectivity index (χ1v) is 8.45. The fourth-order valence-corrected chi connectivity index (χ4v) is 2.97. The van der Waals surface area contributed by atoms with Crippen LogP contribution in [0.25, 0.3) is 0 Å². The van der Waals surface area contributed by atoms with E-state index in [1.807, 2.05) is 52.8 Å². The number of rotatable bonds is 5. The summed E-state index contributed by atoms with van der Waals surface area (Å²) in [4.78, 5) is 27.1. The summed E-state index contributed by atoms with van der Waals surface area (Å²) >= 11 is 0. The largest absolute Gasteiger partial charge is 0.439 e. The SMILES string of the molecule is CCOC(C)C[C@@H]1C(=O)O[C@@H](C(C)(C)C)N1C(=O)c1ccccc1. The van der Waals surface area contributed by atoms with Crippen LogP contribution in [-0.2, 0) is 14.3 Å². The minimum atomic E-state index is -0.622. The lowest BCUT2D eigenvalue weighted by atomic mass is 9.92. The zero-order valence-corrected chi connectivity index (χ0v) is 15.1. The molecule has 0 bridgehead atoms. The van der Waals surface area contributed by atoms with Crippen LogP contribution in [0.2, 0.25) is 0 Å². The fraction of sp³-hybridized carbons (Fsp3) is 0.579. The summed E-state index contributed by atoms with van der Waals surface area (Å²) in [5.74, 6) is -0.541. The topological polar surface area (TPSA) is 55.8 Å². The molecule has 0 aliphatic carbocycles. The summed E-state index contributed by atoms with van der Waals surface area (Å²) < 4.78 is 11.1. The van der Waals surface area contributed by atoms with Gasteiger partial charge < -0.3 is 9.47 Å². The normalized spacial score (nSPS) is 22.4. The van der Waals surface area contributed by atoms with Crippen LogP contribution in [0.1, 0.15) is 51.4 Å². The Morgan fingerprint density at radius 3 is 2.46 bits per heavy atom. The summed E-state index contributed by atoms with van der Waals surface area (Å²) in [7, 11) is 0. The van der Waals surface area contributed by atoms with Crippen molar-refractivity contribution in [2.24, 2.45) is 5.41 Å². The van der Waals surface area contributed by atoms with Gasteiger partial charge in [-0.2, -0.15) is 0 Å². The van der Waals surface area contributed by atoms with Gasteiger partial charge in [0.15, 0.2) is 6.23 Å². The number of amides is 1. The molecule has 1 aromatic rings. The first kappa shape index (κ1) is 18.5. The molecule has 1 heterocycles. The van der Waals surface area contributed by atoms with E-state index in [1.54, 1.807) is 17.0 Å². The van der Waals surface area contributed by atoms with E-state index in [1.165, 1.54) is 0 Å². The minimum Gasteiger partial charge on any atom is -0.439 e. The molecular weight excluding hydrogens is 306 g/mol. The Morgan fingerprint density at radius 2 is 1.92 bits per heavy atom. The Balaban J connectivity index is 2.33. The van der Waals surface area contributed by atoms with Crippen molar-refractivity contribution in [2.75, 3.05) is 6.61 Å². The number of carbonyl (C=O) groups is 2. The molecule has 0 radical (unpaired) electrons. The molecule has 24 heavy (non-hydrogen) atoms. The van der Waals surface area contributed by atoms with Crippen molar-refractivity contribution in [1.82, 2.24) is 4.90 Å². The minimum absolute atomic E-state index is 0.127. The second kappa shape index (κ2) is 7.34. The van der Waals surface area contributed by atoms with Crippen LogP contribution < -0.4 is 0 Å². The predicted octanol–water partition coefficient (Wildman–Crippen LogP) is 3.24. The van der Waals surface area contributed by atoms with Gasteiger partial charge in [-0.3, -0.25) is 9.69 Å². The van der Waals surface area contributed by atoms with Gasteiger partial charge in [0.05, 0.1) is 6.10 Å². The van der Waals surface area contributed by atoms with Gasteiger partial charge in [-0.25, -0.2) is 4.79 Å². The number of esters is 1. The van der Waals surface area contributed by atoms with Crippen molar-refractivity contribution in [3.8, 4) is 0 Å². The molecule has 1 aliphatic rings. The van der Waals surface area contributed by atoms with Crippen LogP contribution in [0.4, 0.5) is 0 Å². The summed E-state index contributed by atoms with van der Waals surface area (Å²) in [5.41, 5.74) is 0.183. The van der Waals surface area contributed by atoms with Crippen molar-refractivity contribution < 1.29 is 19.1 Å². The van der Waals surface area contributed by atoms with Crippen molar-refractivity contribution >= 4 is 11.9 Å². The Labute approximate surface area is 143 Å². The fourth-order valence-electron chi connectivity index (χ4n) is 2.97. The molecule has 1 unspecified atom stereocenters. The second-order valence-electron chi connectivity index (χ2n) is 7.25. The standard InChI is InChI=1S/C19H27NO4/c1-6-23-13(2)12-15-17(22)24-18(19(3,4)5)20(15)16(21)14-10-8-7-9-11-14/h7-11,13,15,18H,6,12H2,1-5H3/t13?,15-,18+/m1/s1. The molecule has 1 fully saturated rings. The van der Waals surface area contributed by atoms with Gasteiger partial charge in [-0.1, -0.05) is 39.0 Å². The van der Waals surface area contributed by atoms with Crippen LogP contribution >= 0.6 is 0 Å². The number of ether oxygens (including phenoxy) is 2. The summed E-state index contributed by atoms with van der Waals surface area (Å²) in [5, 5.41) is 0. The van der Waals surface area contributed by atoms with E-state index in [0.29, 0.717) is 18.6 Å². The van der Waals surface area contributed by atoms with Crippen LogP contribution in [0.15, 0.2) is 30.3 Å². The molecule has 1 amide bonds. The monoisotopic (exact) mass is 333 g/mol. The number of hydrogen-bond acceptors (Lipinski definition) is 4. The molecule has 5 heteroatoms. The Morgan fingerprint density at radius 1 is 1.29 bits per heavy atom. The summed E-state index contributed by atoms with van der Waals surface area (Å²) in [6.07, 6.45) is -0.286. The molecule has 0 saturated carbocycles. The number of nitrogens with zero attached hydrogens (tertiary/aromatic N) is 1. The van der Waals surface area contributed by atoms with Gasteiger partial charge in [-0.15, -0.1) is 0 Å². The lowest BCUT2D eigenvalue weighted by Crippen LogP contribution is -2.48. The van der Waals surface area contributed by atoms with Crippen LogP contribution in [-0.4, -0.2) is 41.8 Å². The number of cyclic esters (lactones) is 1. The van der Waals surface area contributed by atoms with E-state index in [2.05, 4.69) is 0 Å². The maximum Gasteiger partial charge on any atom is 0.331 e. The lowest BCUT2D eigenvalue weighted by molar-refractivity contribution is -0.147. The van der Waals surface area contributed by atoms with Crippen LogP contribution in [0.3, 0.4) is 0 Å². The third-order valence-corrected chi connectivity index (χ3v) is 4.09. The zero-order valence-electron chi connectivity index (χ0n) is 15.1. The quantitative estimate of drug-likeness (QED) is 0.776. The highest BCUT2D eigenvalue weighted by atomic mass is 16.6. The summed E-state index contributed by atoms with van der Waals surface area (Å²) in [6, 6.07) is 8.38. The molecule has 1 aliphatic heterocycles. The van der Waals surface area contributed by atoms with Gasteiger partial charge in [0.25, 0.3) is 5.91 Å². The number of benzene rings is 1. The van der Waals surface area contributed by atoms with Gasteiger partial charge in [0.2, 0.25) is 0 Å². The van der Waals surface area contributed by atoms with Gasteiger partial charge in [0.1, 0.15) is 6.04 Å².